The number of carbonyl (C=O) groups is 2. The largest absolute Gasteiger partial charge is 0.366 e. The minimum Gasteiger partial charge on any atom is -0.366 e. The Hall–Kier alpha value is -1.62. The van der Waals surface area contributed by atoms with Gasteiger partial charge >= 0.3 is 0 Å². The molecule has 1 fully saturated rings. The van der Waals surface area contributed by atoms with Gasteiger partial charge in [-0.2, -0.15) is 0 Å². The summed E-state index contributed by atoms with van der Waals surface area (Å²) in [6, 6.07) is 3.91. The fourth-order valence-corrected chi connectivity index (χ4v) is 4.55. The van der Waals surface area contributed by atoms with Gasteiger partial charge in [0.1, 0.15) is 5.70 Å². The Kier molecular flexibility index (Phi) is 5.94. The van der Waals surface area contributed by atoms with Crippen LogP contribution in [-0.2, 0) is 9.59 Å². The third-order valence-electron chi connectivity index (χ3n) is 5.12. The second kappa shape index (κ2) is 8.17. The number of amides is 2. The topological polar surface area (TPSA) is 40.6 Å². The molecule has 2 aliphatic heterocycles. The van der Waals surface area contributed by atoms with Crippen molar-refractivity contribution in [3.63, 3.8) is 0 Å². The summed E-state index contributed by atoms with van der Waals surface area (Å²) >= 11 is 1.54. The van der Waals surface area contributed by atoms with Crippen molar-refractivity contribution in [2.45, 2.75) is 52.4 Å². The Bertz CT molecular complexity index is 651. The van der Waals surface area contributed by atoms with Crippen molar-refractivity contribution < 1.29 is 9.59 Å². The molecular formula is C20H28N2O2S. The van der Waals surface area contributed by atoms with Gasteiger partial charge in [-0.1, -0.05) is 39.2 Å². The van der Waals surface area contributed by atoms with Crippen LogP contribution < -0.4 is 0 Å². The van der Waals surface area contributed by atoms with E-state index in [2.05, 4.69) is 18.7 Å². The van der Waals surface area contributed by atoms with Gasteiger partial charge in [0.2, 0.25) is 0 Å². The van der Waals surface area contributed by atoms with Crippen LogP contribution in [0.2, 0.25) is 0 Å². The molecule has 3 rings (SSSR count). The van der Waals surface area contributed by atoms with Gasteiger partial charge in [0.25, 0.3) is 11.8 Å². The molecule has 0 saturated carbocycles. The maximum Gasteiger partial charge on any atom is 0.277 e. The van der Waals surface area contributed by atoms with E-state index in [9.17, 15) is 9.59 Å². The van der Waals surface area contributed by atoms with Crippen molar-refractivity contribution in [1.29, 1.82) is 0 Å². The summed E-state index contributed by atoms with van der Waals surface area (Å²) in [5, 5.41) is 1.97. The van der Waals surface area contributed by atoms with Gasteiger partial charge in [0.05, 0.1) is 5.57 Å². The number of imide groups is 1. The number of hydrogen-bond acceptors (Lipinski definition) is 4. The van der Waals surface area contributed by atoms with Crippen LogP contribution in [0.5, 0.6) is 0 Å². The molecule has 0 N–H and O–H groups in total. The van der Waals surface area contributed by atoms with Crippen molar-refractivity contribution >= 4 is 28.7 Å². The summed E-state index contributed by atoms with van der Waals surface area (Å²) in [5.41, 5.74) is 1.28. The predicted octanol–water partition coefficient (Wildman–Crippen LogP) is 4.14. The van der Waals surface area contributed by atoms with Crippen LogP contribution in [0, 0.1) is 5.92 Å². The van der Waals surface area contributed by atoms with Crippen LogP contribution in [0.25, 0.3) is 5.57 Å². The maximum absolute atomic E-state index is 13.1. The van der Waals surface area contributed by atoms with Crippen molar-refractivity contribution in [3.8, 4) is 0 Å². The molecule has 1 saturated heterocycles. The first-order chi connectivity index (χ1) is 12.1. The number of nitrogens with zero attached hydrogens (tertiary/aromatic N) is 2. The number of carbonyl (C=O) groups excluding carboxylic acids is 2. The second-order valence-electron chi connectivity index (χ2n) is 7.22. The Morgan fingerprint density at radius 2 is 2.04 bits per heavy atom. The number of thiophene rings is 1. The molecule has 25 heavy (non-hydrogen) atoms. The monoisotopic (exact) mass is 360 g/mol. The Morgan fingerprint density at radius 1 is 1.20 bits per heavy atom. The predicted molar refractivity (Wildman–Crippen MR) is 102 cm³/mol. The molecule has 4 nitrogen and oxygen atoms in total. The average molecular weight is 361 g/mol. The molecule has 0 spiro atoms. The van der Waals surface area contributed by atoms with Crippen molar-refractivity contribution in [2.24, 2.45) is 5.92 Å². The molecule has 5 heteroatoms. The van der Waals surface area contributed by atoms with Crippen LogP contribution >= 0.6 is 11.3 Å². The van der Waals surface area contributed by atoms with Crippen LogP contribution in [0.4, 0.5) is 0 Å². The summed E-state index contributed by atoms with van der Waals surface area (Å²) < 4.78 is 0. The molecule has 0 radical (unpaired) electrons. The van der Waals surface area contributed by atoms with Gasteiger partial charge < -0.3 is 4.90 Å². The highest BCUT2D eigenvalue weighted by atomic mass is 32.1. The van der Waals surface area contributed by atoms with Crippen LogP contribution in [0.1, 0.15) is 57.2 Å². The highest BCUT2D eigenvalue weighted by molar-refractivity contribution is 7.11. The van der Waals surface area contributed by atoms with Gasteiger partial charge in [-0.15, -0.1) is 11.3 Å². The van der Waals surface area contributed by atoms with E-state index in [1.165, 1.54) is 11.3 Å². The number of unbranched alkanes of at least 4 members (excludes halogenated alkanes) is 3. The zero-order chi connectivity index (χ0) is 17.8. The zero-order valence-electron chi connectivity index (χ0n) is 15.3. The van der Waals surface area contributed by atoms with E-state index < -0.39 is 0 Å². The normalized spacial score (nSPS) is 21.6. The minimum atomic E-state index is -0.0998. The second-order valence-corrected chi connectivity index (χ2v) is 8.16. The Balaban J connectivity index is 1.86. The number of hydrogen-bond donors (Lipinski definition) is 0. The van der Waals surface area contributed by atoms with E-state index in [1.54, 1.807) is 11.3 Å². The minimum absolute atomic E-state index is 0.0843. The SMILES string of the molecule is CCCCCCN1C(=O)C(c2cccs2)=C(N2CCCC(C)C2)C1=O. The number of piperidine rings is 1. The standard InChI is InChI=1S/C20H28N2O2S/c1-3-4-5-6-12-22-19(23)17(16-10-8-13-25-16)18(20(22)24)21-11-7-9-15(2)14-21/h8,10,13,15H,3-7,9,11-12,14H2,1-2H3. The molecule has 0 aliphatic carbocycles. The van der Waals surface area contributed by atoms with Crippen molar-refractivity contribution in [2.75, 3.05) is 19.6 Å². The van der Waals surface area contributed by atoms with E-state index in [4.69, 9.17) is 0 Å². The summed E-state index contributed by atoms with van der Waals surface area (Å²) in [4.78, 5) is 30.7. The summed E-state index contributed by atoms with van der Waals surface area (Å²) in [6.07, 6.45) is 6.54. The van der Waals surface area contributed by atoms with E-state index in [-0.39, 0.29) is 11.8 Å². The molecular weight excluding hydrogens is 332 g/mol. The molecule has 136 valence electrons. The lowest BCUT2D eigenvalue weighted by atomic mass is 9.99. The van der Waals surface area contributed by atoms with Gasteiger partial charge in [-0.25, -0.2) is 0 Å². The first-order valence-corrected chi connectivity index (χ1v) is 10.4. The lowest BCUT2D eigenvalue weighted by molar-refractivity contribution is -0.137. The quantitative estimate of drug-likeness (QED) is 0.542. The molecule has 2 amide bonds. The molecule has 1 unspecified atom stereocenters. The maximum atomic E-state index is 13.1. The first kappa shape index (κ1) is 18.2. The van der Waals surface area contributed by atoms with Crippen molar-refractivity contribution in [1.82, 2.24) is 9.80 Å². The molecule has 2 aliphatic rings. The molecule has 3 heterocycles. The van der Waals surface area contributed by atoms with E-state index in [0.29, 0.717) is 23.7 Å². The Morgan fingerprint density at radius 3 is 2.72 bits per heavy atom. The van der Waals surface area contributed by atoms with Crippen molar-refractivity contribution in [3.05, 3.63) is 28.1 Å². The lowest BCUT2D eigenvalue weighted by Gasteiger charge is -2.33. The van der Waals surface area contributed by atoms with Crippen LogP contribution in [0.15, 0.2) is 23.2 Å². The molecule has 1 atom stereocenters. The summed E-state index contributed by atoms with van der Waals surface area (Å²) in [6.45, 7) is 6.67. The summed E-state index contributed by atoms with van der Waals surface area (Å²) in [7, 11) is 0. The highest BCUT2D eigenvalue weighted by Crippen LogP contribution is 2.35. The van der Waals surface area contributed by atoms with Gasteiger partial charge in [-0.3, -0.25) is 14.5 Å². The Labute approximate surface area is 154 Å². The van der Waals surface area contributed by atoms with E-state index in [1.807, 2.05) is 17.5 Å². The smallest absolute Gasteiger partial charge is 0.277 e. The zero-order valence-corrected chi connectivity index (χ0v) is 16.1. The first-order valence-electron chi connectivity index (χ1n) is 9.52. The summed E-state index contributed by atoms with van der Waals surface area (Å²) in [5.74, 6) is 0.378. The molecule has 0 aromatic carbocycles. The van der Waals surface area contributed by atoms with Crippen LogP contribution in [-0.4, -0.2) is 41.2 Å². The highest BCUT2D eigenvalue weighted by Gasteiger charge is 2.42. The molecule has 0 bridgehead atoms. The number of rotatable bonds is 7. The lowest BCUT2D eigenvalue weighted by Crippen LogP contribution is -2.39. The average Bonchev–Trinajstić information content (AvgIpc) is 3.19. The number of likely N-dealkylation sites (tertiary alicyclic amines) is 1. The van der Waals surface area contributed by atoms with Gasteiger partial charge in [0, 0.05) is 24.5 Å². The molecule has 1 aromatic heterocycles. The van der Waals surface area contributed by atoms with E-state index >= 15 is 0 Å². The van der Waals surface area contributed by atoms with E-state index in [0.717, 1.165) is 50.1 Å². The van der Waals surface area contributed by atoms with Crippen LogP contribution in [0.3, 0.4) is 0 Å². The van der Waals surface area contributed by atoms with Gasteiger partial charge in [0.15, 0.2) is 0 Å². The van der Waals surface area contributed by atoms with Gasteiger partial charge in [-0.05, 0) is 36.6 Å². The molecule has 1 aromatic rings. The fourth-order valence-electron chi connectivity index (χ4n) is 3.79. The fraction of sp³-hybridized carbons (Fsp3) is 0.600. The third-order valence-corrected chi connectivity index (χ3v) is 6.01. The third kappa shape index (κ3) is 3.81.